The van der Waals surface area contributed by atoms with Gasteiger partial charge in [0.05, 0.1) is 11.5 Å². The average molecular weight is 335 g/mol. The van der Waals surface area contributed by atoms with Crippen molar-refractivity contribution >= 4 is 22.4 Å². The second-order valence-corrected chi connectivity index (χ2v) is 6.99. The zero-order valence-electron chi connectivity index (χ0n) is 12.4. The largest absolute Gasteiger partial charge is 0.380 e. The van der Waals surface area contributed by atoms with E-state index >= 15 is 0 Å². The van der Waals surface area contributed by atoms with Crippen LogP contribution >= 0.6 is 12.4 Å². The zero-order chi connectivity index (χ0) is 14.6. The van der Waals surface area contributed by atoms with Gasteiger partial charge in [0.15, 0.2) is 0 Å². The third-order valence-electron chi connectivity index (χ3n) is 3.71. The summed E-state index contributed by atoms with van der Waals surface area (Å²) in [4.78, 5) is 0.356. The maximum absolute atomic E-state index is 12.6. The van der Waals surface area contributed by atoms with E-state index in [9.17, 15) is 8.42 Å². The van der Waals surface area contributed by atoms with E-state index in [0.29, 0.717) is 30.6 Å². The molecule has 0 radical (unpaired) electrons. The molecule has 1 saturated heterocycles. The number of sulfonamides is 1. The minimum atomic E-state index is -3.38. The summed E-state index contributed by atoms with van der Waals surface area (Å²) in [5.74, 6) is 0. The standard InChI is InChI=1S/C14H22N2O3S.ClH/c1-15-13-6-8-16(9-7-13)20(17,18)14-5-3-4-12(10-14)11-19-2;/h3-5,10,13,15H,6-9,11H2,1-2H3;1H. The lowest BCUT2D eigenvalue weighted by Crippen LogP contribution is -2.43. The molecule has 1 heterocycles. The molecule has 1 aromatic rings. The van der Waals surface area contributed by atoms with E-state index in [1.54, 1.807) is 29.6 Å². The van der Waals surface area contributed by atoms with Gasteiger partial charge in [-0.25, -0.2) is 8.42 Å². The van der Waals surface area contributed by atoms with Crippen molar-refractivity contribution in [3.05, 3.63) is 29.8 Å². The molecule has 0 aromatic heterocycles. The summed E-state index contributed by atoms with van der Waals surface area (Å²) in [7, 11) is 0.136. The maximum Gasteiger partial charge on any atom is 0.243 e. The number of hydrogen-bond donors (Lipinski definition) is 1. The minimum Gasteiger partial charge on any atom is -0.380 e. The first-order valence-corrected chi connectivity index (χ1v) is 8.27. The van der Waals surface area contributed by atoms with E-state index < -0.39 is 10.0 Å². The van der Waals surface area contributed by atoms with Gasteiger partial charge in [0.1, 0.15) is 0 Å². The van der Waals surface area contributed by atoms with Gasteiger partial charge in [0, 0.05) is 26.2 Å². The molecule has 7 heteroatoms. The summed E-state index contributed by atoms with van der Waals surface area (Å²) >= 11 is 0. The molecule has 0 saturated carbocycles. The monoisotopic (exact) mass is 334 g/mol. The Hall–Kier alpha value is -0.660. The number of nitrogens with zero attached hydrogens (tertiary/aromatic N) is 1. The van der Waals surface area contributed by atoms with Crippen LogP contribution in [0.4, 0.5) is 0 Å². The van der Waals surface area contributed by atoms with Gasteiger partial charge in [-0.15, -0.1) is 12.4 Å². The topological polar surface area (TPSA) is 58.6 Å². The van der Waals surface area contributed by atoms with Crippen LogP contribution in [0.25, 0.3) is 0 Å². The predicted molar refractivity (Wildman–Crippen MR) is 85.2 cm³/mol. The summed E-state index contributed by atoms with van der Waals surface area (Å²) in [5, 5.41) is 3.20. The second kappa shape index (κ2) is 8.10. The van der Waals surface area contributed by atoms with Crippen molar-refractivity contribution in [3.8, 4) is 0 Å². The van der Waals surface area contributed by atoms with Gasteiger partial charge in [-0.05, 0) is 37.6 Å². The predicted octanol–water partition coefficient (Wildman–Crippen LogP) is 1.63. The molecule has 5 nitrogen and oxygen atoms in total. The number of methoxy groups -OCH3 is 1. The van der Waals surface area contributed by atoms with Crippen LogP contribution in [0.5, 0.6) is 0 Å². The molecule has 0 spiro atoms. The van der Waals surface area contributed by atoms with Gasteiger partial charge in [0.2, 0.25) is 10.0 Å². The molecule has 1 aromatic carbocycles. The Morgan fingerprint density at radius 2 is 2.00 bits per heavy atom. The summed E-state index contributed by atoms with van der Waals surface area (Å²) in [6.07, 6.45) is 1.71. The normalized spacial score (nSPS) is 17.4. The lowest BCUT2D eigenvalue weighted by Gasteiger charge is -2.31. The van der Waals surface area contributed by atoms with Crippen LogP contribution in [0, 0.1) is 0 Å². The minimum absolute atomic E-state index is 0. The van der Waals surface area contributed by atoms with Gasteiger partial charge in [0.25, 0.3) is 0 Å². The number of hydrogen-bond acceptors (Lipinski definition) is 4. The van der Waals surface area contributed by atoms with Gasteiger partial charge < -0.3 is 10.1 Å². The van der Waals surface area contributed by atoms with Crippen molar-refractivity contribution in [2.75, 3.05) is 27.2 Å². The smallest absolute Gasteiger partial charge is 0.243 e. The molecule has 1 fully saturated rings. The highest BCUT2D eigenvalue weighted by Gasteiger charge is 2.28. The molecule has 2 rings (SSSR count). The highest BCUT2D eigenvalue weighted by molar-refractivity contribution is 7.89. The molecule has 1 N–H and O–H groups in total. The van der Waals surface area contributed by atoms with Crippen molar-refractivity contribution in [3.63, 3.8) is 0 Å². The fourth-order valence-electron chi connectivity index (χ4n) is 2.50. The van der Waals surface area contributed by atoms with E-state index in [1.165, 1.54) is 0 Å². The van der Waals surface area contributed by atoms with Crippen molar-refractivity contribution in [2.45, 2.75) is 30.4 Å². The molecule has 21 heavy (non-hydrogen) atoms. The van der Waals surface area contributed by atoms with Crippen LogP contribution in [0.15, 0.2) is 29.2 Å². The van der Waals surface area contributed by atoms with Crippen LogP contribution in [-0.4, -0.2) is 46.0 Å². The number of nitrogens with one attached hydrogen (secondary N) is 1. The van der Waals surface area contributed by atoms with Gasteiger partial charge >= 0.3 is 0 Å². The van der Waals surface area contributed by atoms with E-state index in [0.717, 1.165) is 18.4 Å². The molecule has 120 valence electrons. The molecule has 0 aliphatic carbocycles. The molecule has 1 aliphatic heterocycles. The molecule has 0 amide bonds. The molecular formula is C14H23ClN2O3S. The fraction of sp³-hybridized carbons (Fsp3) is 0.571. The SMILES string of the molecule is CNC1CCN(S(=O)(=O)c2cccc(COC)c2)CC1.Cl. The third-order valence-corrected chi connectivity index (χ3v) is 5.60. The Morgan fingerprint density at radius 3 is 2.57 bits per heavy atom. The van der Waals surface area contributed by atoms with Gasteiger partial charge in [-0.1, -0.05) is 12.1 Å². The van der Waals surface area contributed by atoms with Crippen molar-refractivity contribution in [1.82, 2.24) is 9.62 Å². The number of benzene rings is 1. The Morgan fingerprint density at radius 1 is 1.33 bits per heavy atom. The third kappa shape index (κ3) is 4.40. The van der Waals surface area contributed by atoms with E-state index in [-0.39, 0.29) is 12.4 Å². The number of halogens is 1. The lowest BCUT2D eigenvalue weighted by molar-refractivity contribution is 0.184. The first kappa shape index (κ1) is 18.4. The number of piperidine rings is 1. The van der Waals surface area contributed by atoms with Crippen molar-refractivity contribution < 1.29 is 13.2 Å². The molecule has 0 unspecified atom stereocenters. The number of ether oxygens (including phenoxy) is 1. The van der Waals surface area contributed by atoms with E-state index in [2.05, 4.69) is 5.32 Å². The molecule has 0 bridgehead atoms. The molecular weight excluding hydrogens is 312 g/mol. The van der Waals surface area contributed by atoms with Crippen LogP contribution in [0.3, 0.4) is 0 Å². The lowest BCUT2D eigenvalue weighted by atomic mass is 10.1. The first-order valence-electron chi connectivity index (χ1n) is 6.83. The van der Waals surface area contributed by atoms with E-state index in [1.807, 2.05) is 13.1 Å². The van der Waals surface area contributed by atoms with Crippen LogP contribution < -0.4 is 5.32 Å². The maximum atomic E-state index is 12.6. The van der Waals surface area contributed by atoms with Crippen LogP contribution in [-0.2, 0) is 21.4 Å². The van der Waals surface area contributed by atoms with Crippen molar-refractivity contribution in [2.24, 2.45) is 0 Å². The summed E-state index contributed by atoms with van der Waals surface area (Å²) in [6, 6.07) is 7.40. The van der Waals surface area contributed by atoms with Crippen LogP contribution in [0.2, 0.25) is 0 Å². The van der Waals surface area contributed by atoms with E-state index in [4.69, 9.17) is 4.74 Å². The fourth-order valence-corrected chi connectivity index (χ4v) is 4.04. The Labute approximate surface area is 133 Å². The number of rotatable bonds is 5. The zero-order valence-corrected chi connectivity index (χ0v) is 14.0. The summed E-state index contributed by atoms with van der Waals surface area (Å²) in [5.41, 5.74) is 0.874. The molecule has 0 atom stereocenters. The summed E-state index contributed by atoms with van der Waals surface area (Å²) < 4.78 is 31.8. The summed E-state index contributed by atoms with van der Waals surface area (Å²) in [6.45, 7) is 1.57. The quantitative estimate of drug-likeness (QED) is 0.889. The molecule has 1 aliphatic rings. The van der Waals surface area contributed by atoms with Crippen molar-refractivity contribution in [1.29, 1.82) is 0 Å². The Bertz CT molecular complexity index is 543. The van der Waals surface area contributed by atoms with Gasteiger partial charge in [-0.2, -0.15) is 4.31 Å². The highest BCUT2D eigenvalue weighted by Crippen LogP contribution is 2.21. The van der Waals surface area contributed by atoms with Gasteiger partial charge in [-0.3, -0.25) is 0 Å². The first-order chi connectivity index (χ1) is 9.57. The highest BCUT2D eigenvalue weighted by atomic mass is 35.5. The Balaban J connectivity index is 0.00000220. The second-order valence-electron chi connectivity index (χ2n) is 5.05. The average Bonchev–Trinajstić information content (AvgIpc) is 2.48. The Kier molecular flexibility index (Phi) is 7.09. The van der Waals surface area contributed by atoms with Crippen LogP contribution in [0.1, 0.15) is 18.4 Å².